The summed E-state index contributed by atoms with van der Waals surface area (Å²) in [5.74, 6) is -0.174. The van der Waals surface area contributed by atoms with Crippen molar-refractivity contribution in [2.75, 3.05) is 5.32 Å². The van der Waals surface area contributed by atoms with Crippen LogP contribution in [0.15, 0.2) is 72.8 Å². The van der Waals surface area contributed by atoms with Gasteiger partial charge in [0, 0.05) is 16.3 Å². The van der Waals surface area contributed by atoms with Crippen molar-refractivity contribution in [1.29, 1.82) is 0 Å². The first-order valence-corrected chi connectivity index (χ1v) is 8.11. The smallest absolute Gasteiger partial charge is 0.387 e. The van der Waals surface area contributed by atoms with Crippen LogP contribution in [0.5, 0.6) is 5.75 Å². The molecule has 3 rings (SSSR count). The van der Waals surface area contributed by atoms with Gasteiger partial charge in [0.2, 0.25) is 0 Å². The zero-order chi connectivity index (χ0) is 18.5. The molecule has 0 bridgehead atoms. The van der Waals surface area contributed by atoms with Crippen LogP contribution in [-0.2, 0) is 0 Å². The molecule has 6 heteroatoms. The fourth-order valence-electron chi connectivity index (χ4n) is 2.41. The summed E-state index contributed by atoms with van der Waals surface area (Å²) in [6, 6.07) is 20.1. The highest BCUT2D eigenvalue weighted by atomic mass is 35.5. The second-order valence-electron chi connectivity index (χ2n) is 5.44. The lowest BCUT2D eigenvalue weighted by atomic mass is 10.0. The lowest BCUT2D eigenvalue weighted by molar-refractivity contribution is -0.0498. The van der Waals surface area contributed by atoms with Gasteiger partial charge in [0.25, 0.3) is 5.91 Å². The molecule has 0 aromatic heterocycles. The van der Waals surface area contributed by atoms with Crippen LogP contribution in [-0.4, -0.2) is 12.5 Å². The number of rotatable bonds is 5. The van der Waals surface area contributed by atoms with E-state index in [4.69, 9.17) is 11.6 Å². The van der Waals surface area contributed by atoms with Crippen LogP contribution < -0.4 is 10.1 Å². The molecule has 3 aromatic carbocycles. The maximum Gasteiger partial charge on any atom is 0.387 e. The molecule has 0 fully saturated rings. The second-order valence-corrected chi connectivity index (χ2v) is 5.88. The molecule has 132 valence electrons. The summed E-state index contributed by atoms with van der Waals surface area (Å²) in [5.41, 5.74) is 2.69. The number of nitrogens with one attached hydrogen (secondary N) is 1. The molecule has 0 saturated heterocycles. The Balaban J connectivity index is 1.77. The molecule has 0 aliphatic rings. The van der Waals surface area contributed by atoms with Gasteiger partial charge >= 0.3 is 6.61 Å². The highest BCUT2D eigenvalue weighted by Crippen LogP contribution is 2.24. The van der Waals surface area contributed by atoms with Gasteiger partial charge in [0.05, 0.1) is 0 Å². The Hall–Kier alpha value is -2.92. The van der Waals surface area contributed by atoms with E-state index >= 15 is 0 Å². The Bertz CT molecular complexity index is 896. The molecule has 3 nitrogen and oxygen atoms in total. The molecular formula is C20H14ClF2NO2. The first-order valence-electron chi connectivity index (χ1n) is 7.73. The number of hydrogen-bond donors (Lipinski definition) is 1. The number of carbonyl (C=O) groups is 1. The number of amides is 1. The number of benzene rings is 3. The van der Waals surface area contributed by atoms with Gasteiger partial charge in [0.1, 0.15) is 5.75 Å². The lowest BCUT2D eigenvalue weighted by Gasteiger charge is -2.09. The lowest BCUT2D eigenvalue weighted by Crippen LogP contribution is -2.11. The summed E-state index contributed by atoms with van der Waals surface area (Å²) in [6.45, 7) is -2.86. The fourth-order valence-corrected chi connectivity index (χ4v) is 2.53. The van der Waals surface area contributed by atoms with Gasteiger partial charge in [-0.15, -0.1) is 0 Å². The van der Waals surface area contributed by atoms with E-state index in [2.05, 4.69) is 10.1 Å². The van der Waals surface area contributed by atoms with E-state index in [9.17, 15) is 13.6 Å². The van der Waals surface area contributed by atoms with Crippen molar-refractivity contribution in [2.45, 2.75) is 6.61 Å². The van der Waals surface area contributed by atoms with Gasteiger partial charge in [-0.2, -0.15) is 8.78 Å². The third-order valence-corrected chi connectivity index (χ3v) is 3.89. The SMILES string of the molecule is O=C(Nc1ccc(Cl)cc1)c1cccc(-c2ccc(OC(F)F)cc2)c1. The normalized spacial score (nSPS) is 10.6. The minimum absolute atomic E-state index is 0.0837. The van der Waals surface area contributed by atoms with Crippen LogP contribution >= 0.6 is 11.6 Å². The molecule has 26 heavy (non-hydrogen) atoms. The van der Waals surface area contributed by atoms with Crippen molar-refractivity contribution < 1.29 is 18.3 Å². The van der Waals surface area contributed by atoms with E-state index < -0.39 is 6.61 Å². The number of hydrogen-bond acceptors (Lipinski definition) is 2. The van der Waals surface area contributed by atoms with Crippen molar-refractivity contribution >= 4 is 23.2 Å². The summed E-state index contributed by atoms with van der Waals surface area (Å²) in [4.78, 5) is 12.4. The molecule has 0 radical (unpaired) electrons. The van der Waals surface area contributed by atoms with Crippen LogP contribution in [0.4, 0.5) is 14.5 Å². The van der Waals surface area contributed by atoms with Crippen LogP contribution in [0.1, 0.15) is 10.4 Å². The van der Waals surface area contributed by atoms with Crippen molar-refractivity contribution in [3.63, 3.8) is 0 Å². The Morgan fingerprint density at radius 3 is 2.27 bits per heavy atom. The number of alkyl halides is 2. The standard InChI is InChI=1S/C20H14ClF2NO2/c21-16-6-8-17(9-7-16)24-19(25)15-3-1-2-14(12-15)13-4-10-18(11-5-13)26-20(22)23/h1-12,20H,(H,24,25). The highest BCUT2D eigenvalue weighted by molar-refractivity contribution is 6.30. The van der Waals surface area contributed by atoms with Gasteiger partial charge in [-0.3, -0.25) is 4.79 Å². The first kappa shape index (κ1) is 17.9. The van der Waals surface area contributed by atoms with Crippen LogP contribution in [0.3, 0.4) is 0 Å². The molecule has 1 amide bonds. The predicted octanol–water partition coefficient (Wildman–Crippen LogP) is 5.86. The average Bonchev–Trinajstić information content (AvgIpc) is 2.64. The van der Waals surface area contributed by atoms with Crippen molar-refractivity contribution in [3.8, 4) is 16.9 Å². The molecule has 3 aromatic rings. The number of carbonyl (C=O) groups excluding carboxylic acids is 1. The maximum atomic E-state index is 12.4. The monoisotopic (exact) mass is 373 g/mol. The van der Waals surface area contributed by atoms with E-state index in [-0.39, 0.29) is 11.7 Å². The number of anilines is 1. The fraction of sp³-hybridized carbons (Fsp3) is 0.0500. The van der Waals surface area contributed by atoms with Crippen LogP contribution in [0.2, 0.25) is 5.02 Å². The zero-order valence-corrected chi connectivity index (χ0v) is 14.2. The molecule has 0 saturated carbocycles. The number of ether oxygens (including phenoxy) is 1. The molecule has 0 heterocycles. The van der Waals surface area contributed by atoms with Gasteiger partial charge in [0.15, 0.2) is 0 Å². The van der Waals surface area contributed by atoms with Gasteiger partial charge in [-0.05, 0) is 59.7 Å². The summed E-state index contributed by atoms with van der Waals surface area (Å²) >= 11 is 5.83. The van der Waals surface area contributed by atoms with E-state index in [1.54, 1.807) is 54.6 Å². The van der Waals surface area contributed by atoms with Crippen LogP contribution in [0, 0.1) is 0 Å². The minimum atomic E-state index is -2.86. The van der Waals surface area contributed by atoms with Gasteiger partial charge < -0.3 is 10.1 Å². The summed E-state index contributed by atoms with van der Waals surface area (Å²) < 4.78 is 28.8. The molecule has 1 N–H and O–H groups in total. The van der Waals surface area contributed by atoms with Crippen molar-refractivity contribution in [3.05, 3.63) is 83.4 Å². The average molecular weight is 374 g/mol. The first-order chi connectivity index (χ1) is 12.5. The van der Waals surface area contributed by atoms with E-state index in [1.807, 2.05) is 6.07 Å². The number of halogens is 3. The molecule has 0 spiro atoms. The summed E-state index contributed by atoms with van der Waals surface area (Å²) in [6.07, 6.45) is 0. The van der Waals surface area contributed by atoms with Crippen molar-refractivity contribution in [1.82, 2.24) is 0 Å². The Labute approximate surface area is 154 Å². The van der Waals surface area contributed by atoms with Gasteiger partial charge in [-0.25, -0.2) is 0 Å². The third kappa shape index (κ3) is 4.58. The molecular weight excluding hydrogens is 360 g/mol. The molecule has 0 unspecified atom stereocenters. The van der Waals surface area contributed by atoms with Gasteiger partial charge in [-0.1, -0.05) is 35.9 Å². The maximum absolute atomic E-state index is 12.4. The Morgan fingerprint density at radius 2 is 1.62 bits per heavy atom. The molecule has 0 atom stereocenters. The van der Waals surface area contributed by atoms with E-state index in [0.29, 0.717) is 16.3 Å². The zero-order valence-electron chi connectivity index (χ0n) is 13.5. The van der Waals surface area contributed by atoms with Crippen LogP contribution in [0.25, 0.3) is 11.1 Å². The third-order valence-electron chi connectivity index (χ3n) is 3.64. The molecule has 0 aliphatic carbocycles. The Morgan fingerprint density at radius 1 is 0.923 bits per heavy atom. The quantitative estimate of drug-likeness (QED) is 0.608. The topological polar surface area (TPSA) is 38.3 Å². The summed E-state index contributed by atoms with van der Waals surface area (Å²) in [7, 11) is 0. The minimum Gasteiger partial charge on any atom is -0.435 e. The summed E-state index contributed by atoms with van der Waals surface area (Å²) in [5, 5.41) is 3.38. The Kier molecular flexibility index (Phi) is 5.49. The van der Waals surface area contributed by atoms with E-state index in [1.165, 1.54) is 12.1 Å². The highest BCUT2D eigenvalue weighted by Gasteiger charge is 2.09. The molecule has 0 aliphatic heterocycles. The van der Waals surface area contributed by atoms with Crippen molar-refractivity contribution in [2.24, 2.45) is 0 Å². The second kappa shape index (κ2) is 7.97. The van der Waals surface area contributed by atoms with E-state index in [0.717, 1.165) is 11.1 Å². The predicted molar refractivity (Wildman–Crippen MR) is 97.9 cm³/mol. The largest absolute Gasteiger partial charge is 0.435 e.